The fourth-order valence-corrected chi connectivity index (χ4v) is 1.98. The lowest BCUT2D eigenvalue weighted by atomic mass is 9.63. The van der Waals surface area contributed by atoms with Crippen molar-refractivity contribution in [1.82, 2.24) is 9.97 Å². The van der Waals surface area contributed by atoms with Gasteiger partial charge in [-0.15, -0.1) is 0 Å². The number of nitrogens with two attached hydrogens (primary N) is 1. The molecule has 1 aliphatic carbocycles. The van der Waals surface area contributed by atoms with Crippen LogP contribution in [0.25, 0.3) is 0 Å². The van der Waals surface area contributed by atoms with Crippen LogP contribution in [0.3, 0.4) is 0 Å². The summed E-state index contributed by atoms with van der Waals surface area (Å²) in [5.41, 5.74) is 5.76. The van der Waals surface area contributed by atoms with Crippen LogP contribution in [0.5, 0.6) is 0 Å². The van der Waals surface area contributed by atoms with Crippen LogP contribution in [0.15, 0.2) is 18.6 Å². The Morgan fingerprint density at radius 3 is 2.73 bits per heavy atom. The molecule has 0 aliphatic heterocycles. The minimum absolute atomic E-state index is 0.535. The molecule has 0 radical (unpaired) electrons. The molecule has 80 valence electrons. The Hall–Kier alpha value is -1.49. The van der Waals surface area contributed by atoms with Gasteiger partial charge in [0.15, 0.2) is 0 Å². The fourth-order valence-electron chi connectivity index (χ4n) is 1.98. The van der Waals surface area contributed by atoms with Crippen LogP contribution in [0.1, 0.15) is 31.0 Å². The van der Waals surface area contributed by atoms with Gasteiger partial charge in [0.05, 0.1) is 17.2 Å². The van der Waals surface area contributed by atoms with Crippen molar-refractivity contribution in [2.24, 2.45) is 11.1 Å². The Bertz CT molecular complexity index is 362. The molecule has 1 unspecified atom stereocenters. The van der Waals surface area contributed by atoms with Crippen LogP contribution in [0.2, 0.25) is 0 Å². The standard InChI is InChI=1S/C10H13N3O2/c11-8(7-2-5-12-6-13-7)10(9(14)15)3-1-4-10/h2,5-6,8H,1,3-4,11H2,(H,14,15). The lowest BCUT2D eigenvalue weighted by Crippen LogP contribution is -2.47. The third-order valence-electron chi connectivity index (χ3n) is 3.19. The molecule has 1 atom stereocenters. The molecule has 1 heterocycles. The molecule has 5 heteroatoms. The molecule has 1 fully saturated rings. The van der Waals surface area contributed by atoms with Gasteiger partial charge in [0.25, 0.3) is 0 Å². The molecular formula is C10H13N3O2. The largest absolute Gasteiger partial charge is 0.481 e. The molecule has 5 nitrogen and oxygen atoms in total. The SMILES string of the molecule is NC(c1ccncn1)C1(C(=O)O)CCC1. The first-order valence-corrected chi connectivity index (χ1v) is 4.92. The molecule has 1 aromatic heterocycles. The van der Waals surface area contributed by atoms with E-state index in [9.17, 15) is 9.90 Å². The summed E-state index contributed by atoms with van der Waals surface area (Å²) in [5.74, 6) is -0.820. The summed E-state index contributed by atoms with van der Waals surface area (Å²) in [5, 5.41) is 9.19. The minimum atomic E-state index is -0.820. The van der Waals surface area contributed by atoms with Gasteiger partial charge in [-0.1, -0.05) is 6.42 Å². The normalized spacial score (nSPS) is 20.3. The van der Waals surface area contributed by atoms with Crippen molar-refractivity contribution in [3.05, 3.63) is 24.3 Å². The van der Waals surface area contributed by atoms with Gasteiger partial charge in [-0.25, -0.2) is 9.97 Å². The van der Waals surface area contributed by atoms with E-state index < -0.39 is 17.4 Å². The Labute approximate surface area is 87.4 Å². The van der Waals surface area contributed by atoms with Gasteiger partial charge in [0, 0.05) is 6.20 Å². The minimum Gasteiger partial charge on any atom is -0.481 e. The predicted molar refractivity (Wildman–Crippen MR) is 52.9 cm³/mol. The zero-order valence-corrected chi connectivity index (χ0v) is 8.26. The molecule has 15 heavy (non-hydrogen) atoms. The molecule has 1 aliphatic rings. The molecule has 0 saturated heterocycles. The molecule has 0 amide bonds. The van der Waals surface area contributed by atoms with Gasteiger partial charge in [-0.2, -0.15) is 0 Å². The first-order chi connectivity index (χ1) is 7.17. The van der Waals surface area contributed by atoms with Crippen LogP contribution in [0.4, 0.5) is 0 Å². The zero-order chi connectivity index (χ0) is 10.9. The van der Waals surface area contributed by atoms with E-state index in [1.807, 2.05) is 0 Å². The van der Waals surface area contributed by atoms with E-state index in [1.165, 1.54) is 6.33 Å². The van der Waals surface area contributed by atoms with E-state index in [2.05, 4.69) is 9.97 Å². The lowest BCUT2D eigenvalue weighted by molar-refractivity contribution is -0.156. The van der Waals surface area contributed by atoms with Crippen molar-refractivity contribution >= 4 is 5.97 Å². The average molecular weight is 207 g/mol. The number of aliphatic carboxylic acids is 1. The van der Waals surface area contributed by atoms with Gasteiger partial charge < -0.3 is 10.8 Å². The highest BCUT2D eigenvalue weighted by Gasteiger charge is 2.50. The number of aromatic nitrogens is 2. The van der Waals surface area contributed by atoms with E-state index in [0.29, 0.717) is 18.5 Å². The Morgan fingerprint density at radius 2 is 2.33 bits per heavy atom. The predicted octanol–water partition coefficient (Wildman–Crippen LogP) is 0.731. The highest BCUT2D eigenvalue weighted by atomic mass is 16.4. The number of hydrogen-bond acceptors (Lipinski definition) is 4. The van der Waals surface area contributed by atoms with Crippen molar-refractivity contribution < 1.29 is 9.90 Å². The maximum Gasteiger partial charge on any atom is 0.311 e. The number of rotatable bonds is 3. The second-order valence-electron chi connectivity index (χ2n) is 3.93. The third-order valence-corrected chi connectivity index (χ3v) is 3.19. The molecular weight excluding hydrogens is 194 g/mol. The Morgan fingerprint density at radius 1 is 1.60 bits per heavy atom. The van der Waals surface area contributed by atoms with Gasteiger partial charge >= 0.3 is 5.97 Å². The van der Waals surface area contributed by atoms with Crippen molar-refractivity contribution in [1.29, 1.82) is 0 Å². The third kappa shape index (κ3) is 1.48. The monoisotopic (exact) mass is 207 g/mol. The summed E-state index contributed by atoms with van der Waals surface area (Å²) in [6.45, 7) is 0. The summed E-state index contributed by atoms with van der Waals surface area (Å²) in [6.07, 6.45) is 5.16. The molecule has 3 N–H and O–H groups in total. The molecule has 1 saturated carbocycles. The maximum absolute atomic E-state index is 11.2. The van der Waals surface area contributed by atoms with Crippen LogP contribution in [-0.4, -0.2) is 21.0 Å². The van der Waals surface area contributed by atoms with E-state index in [1.54, 1.807) is 12.3 Å². The summed E-state index contributed by atoms with van der Waals surface area (Å²) < 4.78 is 0. The van der Waals surface area contributed by atoms with E-state index in [0.717, 1.165) is 6.42 Å². The topological polar surface area (TPSA) is 89.1 Å². The second-order valence-corrected chi connectivity index (χ2v) is 3.93. The van der Waals surface area contributed by atoms with Crippen LogP contribution >= 0.6 is 0 Å². The maximum atomic E-state index is 11.2. The number of nitrogens with zero attached hydrogens (tertiary/aromatic N) is 2. The highest BCUT2D eigenvalue weighted by molar-refractivity contribution is 5.77. The number of carboxylic acids is 1. The first kappa shape index (κ1) is 10.0. The zero-order valence-electron chi connectivity index (χ0n) is 8.26. The fraction of sp³-hybridized carbons (Fsp3) is 0.500. The van der Waals surface area contributed by atoms with Crippen molar-refractivity contribution in [2.45, 2.75) is 25.3 Å². The van der Waals surface area contributed by atoms with Crippen molar-refractivity contribution in [2.75, 3.05) is 0 Å². The molecule has 0 spiro atoms. The molecule has 0 aromatic carbocycles. The van der Waals surface area contributed by atoms with Crippen LogP contribution < -0.4 is 5.73 Å². The van der Waals surface area contributed by atoms with Crippen molar-refractivity contribution in [3.63, 3.8) is 0 Å². The van der Waals surface area contributed by atoms with Crippen LogP contribution in [-0.2, 0) is 4.79 Å². The summed E-state index contributed by atoms with van der Waals surface area (Å²) in [7, 11) is 0. The Kier molecular flexibility index (Phi) is 2.40. The molecule has 2 rings (SSSR count). The smallest absolute Gasteiger partial charge is 0.311 e. The average Bonchev–Trinajstić information content (AvgIpc) is 2.16. The summed E-state index contributed by atoms with van der Waals surface area (Å²) >= 11 is 0. The number of hydrogen-bond donors (Lipinski definition) is 2. The van der Waals surface area contributed by atoms with Gasteiger partial charge in [-0.3, -0.25) is 4.79 Å². The first-order valence-electron chi connectivity index (χ1n) is 4.92. The highest BCUT2D eigenvalue weighted by Crippen LogP contribution is 2.48. The van der Waals surface area contributed by atoms with Gasteiger partial charge in [0.2, 0.25) is 0 Å². The number of carboxylic acid groups (broad SMARTS) is 1. The summed E-state index contributed by atoms with van der Waals surface area (Å²) in [4.78, 5) is 19.0. The molecule has 0 bridgehead atoms. The van der Waals surface area contributed by atoms with Crippen LogP contribution in [0, 0.1) is 5.41 Å². The van der Waals surface area contributed by atoms with E-state index >= 15 is 0 Å². The van der Waals surface area contributed by atoms with Crippen molar-refractivity contribution in [3.8, 4) is 0 Å². The number of carbonyl (C=O) groups is 1. The van der Waals surface area contributed by atoms with Gasteiger partial charge in [-0.05, 0) is 18.9 Å². The summed E-state index contributed by atoms with van der Waals surface area (Å²) in [6, 6.07) is 1.14. The Balaban J connectivity index is 2.27. The van der Waals surface area contributed by atoms with E-state index in [4.69, 9.17) is 5.73 Å². The van der Waals surface area contributed by atoms with E-state index in [-0.39, 0.29) is 0 Å². The lowest BCUT2D eigenvalue weighted by Gasteiger charge is -2.41. The molecule has 1 aromatic rings. The second kappa shape index (κ2) is 3.58. The van der Waals surface area contributed by atoms with Gasteiger partial charge in [0.1, 0.15) is 6.33 Å². The quantitative estimate of drug-likeness (QED) is 0.762.